The molecule has 80 valence electrons. The lowest BCUT2D eigenvalue weighted by Crippen LogP contribution is -2.10. The summed E-state index contributed by atoms with van der Waals surface area (Å²) in [5.74, 6) is 0.741. The number of allylic oxidation sites excluding steroid dienone is 1. The molecule has 2 rings (SSSR count). The molecule has 0 aliphatic heterocycles. The Balaban J connectivity index is 2.10. The average molecular weight is 224 g/mol. The molecule has 1 aliphatic carbocycles. The van der Waals surface area contributed by atoms with Crippen molar-refractivity contribution in [3.05, 3.63) is 40.9 Å². The topological polar surface area (TPSA) is 35.2 Å². The Morgan fingerprint density at radius 2 is 2.33 bits per heavy atom. The summed E-state index contributed by atoms with van der Waals surface area (Å²) < 4.78 is 5.75. The maximum absolute atomic E-state index is 6.08. The number of hydrogen-bond acceptors (Lipinski definition) is 2. The molecule has 0 heterocycles. The fourth-order valence-corrected chi connectivity index (χ4v) is 1.88. The summed E-state index contributed by atoms with van der Waals surface area (Å²) in [4.78, 5) is 0. The van der Waals surface area contributed by atoms with Crippen LogP contribution in [0.5, 0.6) is 5.75 Å². The van der Waals surface area contributed by atoms with Crippen molar-refractivity contribution in [1.82, 2.24) is 0 Å². The van der Waals surface area contributed by atoms with E-state index in [0.29, 0.717) is 11.6 Å². The van der Waals surface area contributed by atoms with E-state index in [1.165, 1.54) is 0 Å². The molecule has 1 aromatic carbocycles. The first-order chi connectivity index (χ1) is 7.29. The highest BCUT2D eigenvalue weighted by Crippen LogP contribution is 2.28. The van der Waals surface area contributed by atoms with E-state index in [-0.39, 0.29) is 6.10 Å². The van der Waals surface area contributed by atoms with Crippen molar-refractivity contribution in [2.24, 2.45) is 5.73 Å². The van der Waals surface area contributed by atoms with Crippen molar-refractivity contribution in [1.29, 1.82) is 0 Å². The molecule has 2 nitrogen and oxygen atoms in total. The zero-order chi connectivity index (χ0) is 10.7. The third-order valence-electron chi connectivity index (χ3n) is 2.48. The van der Waals surface area contributed by atoms with Gasteiger partial charge in [-0.05, 0) is 36.6 Å². The van der Waals surface area contributed by atoms with E-state index in [2.05, 4.69) is 12.2 Å². The van der Waals surface area contributed by atoms with E-state index >= 15 is 0 Å². The fraction of sp³-hybridized carbons (Fsp3) is 0.333. The summed E-state index contributed by atoms with van der Waals surface area (Å²) in [5.41, 5.74) is 6.54. The molecule has 15 heavy (non-hydrogen) atoms. The molecule has 1 unspecified atom stereocenters. The van der Waals surface area contributed by atoms with Crippen molar-refractivity contribution >= 4 is 11.6 Å². The van der Waals surface area contributed by atoms with Crippen LogP contribution in [0.25, 0.3) is 0 Å². The van der Waals surface area contributed by atoms with Gasteiger partial charge in [0.2, 0.25) is 0 Å². The SMILES string of the molecule is NCc1ccc(OC2C=CCC2)c(Cl)c1. The number of halogens is 1. The molecule has 0 spiro atoms. The molecule has 1 aliphatic rings. The van der Waals surface area contributed by atoms with Gasteiger partial charge in [-0.1, -0.05) is 23.7 Å². The lowest BCUT2D eigenvalue weighted by atomic mass is 10.2. The minimum atomic E-state index is 0.172. The number of ether oxygens (including phenoxy) is 1. The molecule has 1 atom stereocenters. The van der Waals surface area contributed by atoms with E-state index in [1.54, 1.807) is 0 Å². The largest absolute Gasteiger partial charge is 0.485 e. The number of benzene rings is 1. The Morgan fingerprint density at radius 1 is 1.47 bits per heavy atom. The molecule has 0 saturated carbocycles. The van der Waals surface area contributed by atoms with Gasteiger partial charge in [0.05, 0.1) is 5.02 Å². The van der Waals surface area contributed by atoms with Gasteiger partial charge in [0.15, 0.2) is 0 Å². The van der Waals surface area contributed by atoms with E-state index in [9.17, 15) is 0 Å². The minimum absolute atomic E-state index is 0.172. The maximum atomic E-state index is 6.08. The van der Waals surface area contributed by atoms with Crippen LogP contribution in [0.3, 0.4) is 0 Å². The molecule has 0 amide bonds. The molecule has 0 aromatic heterocycles. The number of hydrogen-bond donors (Lipinski definition) is 1. The van der Waals surface area contributed by atoms with E-state index in [1.807, 2.05) is 18.2 Å². The van der Waals surface area contributed by atoms with Crippen molar-refractivity contribution in [3.63, 3.8) is 0 Å². The summed E-state index contributed by atoms with van der Waals surface area (Å²) >= 11 is 6.08. The van der Waals surface area contributed by atoms with Gasteiger partial charge in [-0.25, -0.2) is 0 Å². The third kappa shape index (κ3) is 2.52. The van der Waals surface area contributed by atoms with Crippen LogP contribution in [0.15, 0.2) is 30.4 Å². The van der Waals surface area contributed by atoms with Gasteiger partial charge >= 0.3 is 0 Å². The van der Waals surface area contributed by atoms with Gasteiger partial charge in [-0.15, -0.1) is 0 Å². The van der Waals surface area contributed by atoms with Gasteiger partial charge in [-0.2, -0.15) is 0 Å². The van der Waals surface area contributed by atoms with Crippen molar-refractivity contribution in [2.45, 2.75) is 25.5 Å². The van der Waals surface area contributed by atoms with Crippen molar-refractivity contribution in [2.75, 3.05) is 0 Å². The normalized spacial score (nSPS) is 19.5. The van der Waals surface area contributed by atoms with Crippen LogP contribution in [-0.4, -0.2) is 6.10 Å². The van der Waals surface area contributed by atoms with Crippen LogP contribution >= 0.6 is 11.6 Å². The van der Waals surface area contributed by atoms with Gasteiger partial charge in [0.1, 0.15) is 11.9 Å². The third-order valence-corrected chi connectivity index (χ3v) is 2.77. The minimum Gasteiger partial charge on any atom is -0.485 e. The van der Waals surface area contributed by atoms with Crippen LogP contribution in [0.1, 0.15) is 18.4 Å². The Kier molecular flexibility index (Phi) is 3.29. The van der Waals surface area contributed by atoms with E-state index in [4.69, 9.17) is 22.1 Å². The van der Waals surface area contributed by atoms with Gasteiger partial charge in [-0.3, -0.25) is 0 Å². The molecule has 0 radical (unpaired) electrons. The summed E-state index contributed by atoms with van der Waals surface area (Å²) in [6.07, 6.45) is 6.50. The second-order valence-electron chi connectivity index (χ2n) is 3.63. The Labute approximate surface area is 94.7 Å². The maximum Gasteiger partial charge on any atom is 0.138 e. The highest BCUT2D eigenvalue weighted by Gasteiger charge is 2.12. The Morgan fingerprint density at radius 3 is 2.93 bits per heavy atom. The van der Waals surface area contributed by atoms with E-state index in [0.717, 1.165) is 24.2 Å². The highest BCUT2D eigenvalue weighted by molar-refractivity contribution is 6.32. The van der Waals surface area contributed by atoms with Crippen molar-refractivity contribution in [3.8, 4) is 5.75 Å². The van der Waals surface area contributed by atoms with Gasteiger partial charge < -0.3 is 10.5 Å². The predicted molar refractivity (Wildman–Crippen MR) is 62.1 cm³/mol. The summed E-state index contributed by atoms with van der Waals surface area (Å²) in [7, 11) is 0. The van der Waals surface area contributed by atoms with Crippen LogP contribution in [-0.2, 0) is 6.54 Å². The predicted octanol–water partition coefficient (Wildman–Crippen LogP) is 2.90. The number of nitrogens with two attached hydrogens (primary N) is 1. The van der Waals surface area contributed by atoms with Crippen molar-refractivity contribution < 1.29 is 4.74 Å². The summed E-state index contributed by atoms with van der Waals surface area (Å²) in [6, 6.07) is 5.69. The van der Waals surface area contributed by atoms with Gasteiger partial charge in [0.25, 0.3) is 0 Å². The molecule has 0 fully saturated rings. The standard InChI is InChI=1S/C12H14ClNO/c13-11-7-9(8-14)5-6-12(11)15-10-3-1-2-4-10/h1,3,5-7,10H,2,4,8,14H2. The Bertz CT molecular complexity index is 376. The zero-order valence-electron chi connectivity index (χ0n) is 8.45. The molecule has 1 aromatic rings. The lowest BCUT2D eigenvalue weighted by molar-refractivity contribution is 0.249. The molecule has 2 N–H and O–H groups in total. The second-order valence-corrected chi connectivity index (χ2v) is 4.04. The summed E-state index contributed by atoms with van der Waals surface area (Å²) in [5, 5.41) is 0.637. The molecule has 0 bridgehead atoms. The molecule has 0 saturated heterocycles. The average Bonchev–Trinajstić information content (AvgIpc) is 2.74. The highest BCUT2D eigenvalue weighted by atomic mass is 35.5. The number of rotatable bonds is 3. The fourth-order valence-electron chi connectivity index (χ4n) is 1.63. The van der Waals surface area contributed by atoms with E-state index < -0.39 is 0 Å². The molecular formula is C12H14ClNO. The van der Waals surface area contributed by atoms with Crippen LogP contribution in [0, 0.1) is 0 Å². The monoisotopic (exact) mass is 223 g/mol. The first-order valence-corrected chi connectivity index (χ1v) is 5.49. The second kappa shape index (κ2) is 4.69. The Hall–Kier alpha value is -0.990. The molecule has 3 heteroatoms. The van der Waals surface area contributed by atoms with Crippen LogP contribution < -0.4 is 10.5 Å². The summed E-state index contributed by atoms with van der Waals surface area (Å²) in [6.45, 7) is 0.503. The van der Waals surface area contributed by atoms with Gasteiger partial charge in [0, 0.05) is 6.54 Å². The van der Waals surface area contributed by atoms with Crippen LogP contribution in [0.2, 0.25) is 5.02 Å². The lowest BCUT2D eigenvalue weighted by Gasteiger charge is -2.13. The quantitative estimate of drug-likeness (QED) is 0.800. The smallest absolute Gasteiger partial charge is 0.138 e. The molecular weight excluding hydrogens is 210 g/mol. The van der Waals surface area contributed by atoms with Crippen LogP contribution in [0.4, 0.5) is 0 Å². The zero-order valence-corrected chi connectivity index (χ0v) is 9.20. The first-order valence-electron chi connectivity index (χ1n) is 5.11. The first kappa shape index (κ1) is 10.5.